The van der Waals surface area contributed by atoms with Gasteiger partial charge in [-0.25, -0.2) is 13.2 Å². The number of alkyl halides is 2. The van der Waals surface area contributed by atoms with Gasteiger partial charge in [0, 0.05) is 12.1 Å². The minimum absolute atomic E-state index is 0.0885. The Kier molecular flexibility index (Phi) is 7.55. The first-order valence-corrected chi connectivity index (χ1v) is 10.7. The van der Waals surface area contributed by atoms with E-state index in [0.29, 0.717) is 23.6 Å². The zero-order chi connectivity index (χ0) is 23.3. The van der Waals surface area contributed by atoms with Gasteiger partial charge in [0.05, 0.1) is 5.56 Å². The largest absolute Gasteiger partial charge is 0.429 e. The Morgan fingerprint density at radius 2 is 1.69 bits per heavy atom. The van der Waals surface area contributed by atoms with Gasteiger partial charge in [0.25, 0.3) is 0 Å². The van der Waals surface area contributed by atoms with Gasteiger partial charge in [-0.15, -0.1) is 0 Å². The lowest BCUT2D eigenvalue weighted by Gasteiger charge is -2.27. The number of benzene rings is 2. The van der Waals surface area contributed by atoms with Crippen LogP contribution in [0, 0.1) is 34.7 Å². The highest BCUT2D eigenvalue weighted by Crippen LogP contribution is 2.39. The first-order valence-electron chi connectivity index (χ1n) is 10.7. The molecular formula is C25H24F5NO. The molecule has 32 heavy (non-hydrogen) atoms. The molecule has 2 nitrogen and oxygen atoms in total. The standard InChI is InChI=1S/C25H24F5NO/c1-2-3-4-5-16-6-8-17(9-7-16)18-10-11-21(24(28)12-18)25(29,30)32-19-13-22(26)20(15-31)23(27)14-19/h4-5,10-14,16-17H,2-3,6-9H2,1H3/t16-,17-. The summed E-state index contributed by atoms with van der Waals surface area (Å²) in [4.78, 5) is 0. The van der Waals surface area contributed by atoms with Crippen LogP contribution in [0.1, 0.15) is 68.1 Å². The van der Waals surface area contributed by atoms with Crippen molar-refractivity contribution < 1.29 is 26.7 Å². The van der Waals surface area contributed by atoms with Crippen LogP contribution in [-0.4, -0.2) is 0 Å². The Bertz CT molecular complexity index is 996. The average Bonchev–Trinajstić information content (AvgIpc) is 2.73. The summed E-state index contributed by atoms with van der Waals surface area (Å²) in [5.41, 5.74) is -1.29. The van der Waals surface area contributed by atoms with E-state index in [9.17, 15) is 22.0 Å². The molecule has 0 spiro atoms. The molecule has 0 unspecified atom stereocenters. The van der Waals surface area contributed by atoms with Gasteiger partial charge in [-0.1, -0.05) is 31.6 Å². The maximum Gasteiger partial charge on any atom is 0.429 e. The molecule has 1 saturated carbocycles. The van der Waals surface area contributed by atoms with Crippen LogP contribution in [0.15, 0.2) is 42.5 Å². The summed E-state index contributed by atoms with van der Waals surface area (Å²) < 4.78 is 75.4. The predicted molar refractivity (Wildman–Crippen MR) is 111 cm³/mol. The molecule has 0 amide bonds. The third-order valence-corrected chi connectivity index (χ3v) is 5.79. The number of allylic oxidation sites excluding steroid dienone is 2. The molecule has 2 aromatic rings. The van der Waals surface area contributed by atoms with Crippen LogP contribution in [0.4, 0.5) is 22.0 Å². The summed E-state index contributed by atoms with van der Waals surface area (Å²) in [5, 5.41) is 8.66. The van der Waals surface area contributed by atoms with Crippen molar-refractivity contribution in [3.8, 4) is 11.8 Å². The Labute approximate surface area is 184 Å². The minimum Gasteiger partial charge on any atom is -0.429 e. The second-order valence-electron chi connectivity index (χ2n) is 8.06. The van der Waals surface area contributed by atoms with Crippen molar-refractivity contribution in [2.24, 2.45) is 5.92 Å². The highest BCUT2D eigenvalue weighted by Gasteiger charge is 2.38. The molecule has 0 saturated heterocycles. The number of rotatable bonds is 7. The van der Waals surface area contributed by atoms with Gasteiger partial charge in [-0.3, -0.25) is 0 Å². The van der Waals surface area contributed by atoms with Gasteiger partial charge in [0.15, 0.2) is 0 Å². The predicted octanol–water partition coefficient (Wildman–Crippen LogP) is 7.73. The van der Waals surface area contributed by atoms with Crippen molar-refractivity contribution >= 4 is 0 Å². The molecule has 0 aromatic heterocycles. The Morgan fingerprint density at radius 1 is 1.03 bits per heavy atom. The topological polar surface area (TPSA) is 33.0 Å². The van der Waals surface area contributed by atoms with Gasteiger partial charge in [0.2, 0.25) is 0 Å². The molecule has 3 rings (SSSR count). The van der Waals surface area contributed by atoms with Crippen LogP contribution in [0.5, 0.6) is 5.75 Å². The number of hydrogen-bond donors (Lipinski definition) is 0. The number of ether oxygens (including phenoxy) is 1. The first kappa shape index (κ1) is 23.8. The second kappa shape index (κ2) is 10.2. The van der Waals surface area contributed by atoms with Crippen molar-refractivity contribution in [2.75, 3.05) is 0 Å². The first-order chi connectivity index (χ1) is 15.2. The zero-order valence-electron chi connectivity index (χ0n) is 17.7. The number of halogens is 5. The Morgan fingerprint density at radius 3 is 2.25 bits per heavy atom. The summed E-state index contributed by atoms with van der Waals surface area (Å²) in [6.45, 7) is 2.12. The van der Waals surface area contributed by atoms with Crippen molar-refractivity contribution in [3.05, 3.63) is 76.6 Å². The van der Waals surface area contributed by atoms with Crippen molar-refractivity contribution in [2.45, 2.75) is 57.5 Å². The van der Waals surface area contributed by atoms with E-state index in [0.717, 1.165) is 50.7 Å². The van der Waals surface area contributed by atoms with Gasteiger partial charge in [-0.2, -0.15) is 14.0 Å². The number of hydrogen-bond acceptors (Lipinski definition) is 2. The molecule has 0 N–H and O–H groups in total. The molecule has 0 radical (unpaired) electrons. The second-order valence-corrected chi connectivity index (χ2v) is 8.06. The fourth-order valence-corrected chi connectivity index (χ4v) is 4.04. The Balaban J connectivity index is 1.71. The van der Waals surface area contributed by atoms with E-state index in [1.807, 2.05) is 0 Å². The van der Waals surface area contributed by atoms with Crippen LogP contribution in [0.25, 0.3) is 0 Å². The van der Waals surface area contributed by atoms with E-state index >= 15 is 0 Å². The number of unbranched alkanes of at least 4 members (excludes halogenated alkanes) is 1. The molecule has 1 aliphatic carbocycles. The molecular weight excluding hydrogens is 425 g/mol. The highest BCUT2D eigenvalue weighted by atomic mass is 19.3. The van der Waals surface area contributed by atoms with Gasteiger partial charge in [0.1, 0.15) is 34.8 Å². The maximum absolute atomic E-state index is 14.6. The number of nitriles is 1. The fourth-order valence-electron chi connectivity index (χ4n) is 4.04. The van der Waals surface area contributed by atoms with Crippen LogP contribution in [0.2, 0.25) is 0 Å². The van der Waals surface area contributed by atoms with E-state index < -0.39 is 40.4 Å². The summed E-state index contributed by atoms with van der Waals surface area (Å²) in [6.07, 6.45) is 6.02. The molecule has 7 heteroatoms. The lowest BCUT2D eigenvalue weighted by atomic mass is 9.78. The van der Waals surface area contributed by atoms with E-state index in [1.54, 1.807) is 0 Å². The van der Waals surface area contributed by atoms with Crippen LogP contribution < -0.4 is 4.74 Å². The van der Waals surface area contributed by atoms with Gasteiger partial charge in [-0.05, 0) is 61.6 Å². The van der Waals surface area contributed by atoms with E-state index in [1.165, 1.54) is 12.1 Å². The highest BCUT2D eigenvalue weighted by molar-refractivity contribution is 5.38. The molecule has 0 bridgehead atoms. The van der Waals surface area contributed by atoms with Gasteiger partial charge < -0.3 is 4.74 Å². The molecule has 1 aliphatic rings. The molecule has 0 aliphatic heterocycles. The van der Waals surface area contributed by atoms with E-state index in [2.05, 4.69) is 23.8 Å². The SMILES string of the molecule is CCCC=C[C@H]1CC[C@H](c2ccc(C(F)(F)Oc3cc(F)c(C#N)c(F)c3)c(F)c2)CC1. The number of nitrogens with zero attached hydrogens (tertiary/aromatic N) is 1. The fraction of sp³-hybridized carbons (Fsp3) is 0.400. The Hall–Kier alpha value is -2.88. The van der Waals surface area contributed by atoms with Crippen LogP contribution >= 0.6 is 0 Å². The summed E-state index contributed by atoms with van der Waals surface area (Å²) >= 11 is 0. The van der Waals surface area contributed by atoms with E-state index in [4.69, 9.17) is 5.26 Å². The smallest absolute Gasteiger partial charge is 0.429 e. The van der Waals surface area contributed by atoms with Crippen LogP contribution in [-0.2, 0) is 6.11 Å². The molecule has 2 aromatic carbocycles. The summed E-state index contributed by atoms with van der Waals surface area (Å²) in [6, 6.07) is 5.72. The van der Waals surface area contributed by atoms with Crippen molar-refractivity contribution in [1.82, 2.24) is 0 Å². The molecule has 0 atom stereocenters. The van der Waals surface area contributed by atoms with Crippen molar-refractivity contribution in [1.29, 1.82) is 5.26 Å². The minimum atomic E-state index is -4.16. The molecule has 1 fully saturated rings. The van der Waals surface area contributed by atoms with E-state index in [-0.39, 0.29) is 5.92 Å². The third-order valence-electron chi connectivity index (χ3n) is 5.79. The summed E-state index contributed by atoms with van der Waals surface area (Å²) in [5.74, 6) is -4.09. The quantitative estimate of drug-likeness (QED) is 0.320. The summed E-state index contributed by atoms with van der Waals surface area (Å²) in [7, 11) is 0. The van der Waals surface area contributed by atoms with Gasteiger partial charge >= 0.3 is 6.11 Å². The maximum atomic E-state index is 14.6. The lowest BCUT2D eigenvalue weighted by Crippen LogP contribution is -2.24. The normalized spacial score (nSPS) is 19.2. The third kappa shape index (κ3) is 5.48. The lowest BCUT2D eigenvalue weighted by molar-refractivity contribution is -0.187. The average molecular weight is 449 g/mol. The zero-order valence-corrected chi connectivity index (χ0v) is 17.7. The van der Waals surface area contributed by atoms with Crippen LogP contribution in [0.3, 0.4) is 0 Å². The molecule has 0 heterocycles. The van der Waals surface area contributed by atoms with Crippen molar-refractivity contribution in [3.63, 3.8) is 0 Å². The molecule has 170 valence electrons. The monoisotopic (exact) mass is 449 g/mol.